The van der Waals surface area contributed by atoms with Gasteiger partial charge in [0.2, 0.25) is 0 Å². The average molecular weight is 151 g/mol. The third-order valence-electron chi connectivity index (χ3n) is 3.35. The van der Waals surface area contributed by atoms with Gasteiger partial charge in [-0.15, -0.1) is 6.58 Å². The first-order chi connectivity index (χ1) is 5.17. The topological polar surface area (TPSA) is 3.24 Å². The molecule has 2 heterocycles. The highest BCUT2D eigenvalue weighted by Gasteiger charge is 2.53. The Bertz CT molecular complexity index is 177. The van der Waals surface area contributed by atoms with Gasteiger partial charge in [-0.3, -0.25) is 4.90 Å². The molecular weight excluding hydrogens is 134 g/mol. The van der Waals surface area contributed by atoms with E-state index in [0.717, 1.165) is 12.1 Å². The summed E-state index contributed by atoms with van der Waals surface area (Å²) in [4.78, 5) is 2.61. The van der Waals surface area contributed by atoms with Crippen LogP contribution in [-0.4, -0.2) is 23.5 Å². The zero-order valence-electron chi connectivity index (χ0n) is 7.51. The van der Waals surface area contributed by atoms with Crippen molar-refractivity contribution >= 4 is 0 Å². The van der Waals surface area contributed by atoms with Crippen LogP contribution < -0.4 is 0 Å². The summed E-state index contributed by atoms with van der Waals surface area (Å²) in [6.07, 6.45) is 4.91. The minimum atomic E-state index is 0.523. The summed E-state index contributed by atoms with van der Waals surface area (Å²) in [7, 11) is 0. The number of hydrogen-bond acceptors (Lipinski definition) is 1. The zero-order chi connectivity index (χ0) is 8.06. The minimum absolute atomic E-state index is 0.523. The number of nitrogens with zero attached hydrogens (tertiary/aromatic N) is 1. The molecule has 2 aliphatic heterocycles. The van der Waals surface area contributed by atoms with E-state index in [2.05, 4.69) is 31.4 Å². The Morgan fingerprint density at radius 2 is 2.18 bits per heavy atom. The van der Waals surface area contributed by atoms with Gasteiger partial charge in [0.15, 0.2) is 0 Å². The van der Waals surface area contributed by atoms with E-state index >= 15 is 0 Å². The minimum Gasteiger partial charge on any atom is -0.297 e. The van der Waals surface area contributed by atoms with Crippen molar-refractivity contribution in [1.29, 1.82) is 0 Å². The van der Waals surface area contributed by atoms with Gasteiger partial charge in [-0.2, -0.15) is 0 Å². The molecule has 0 N–H and O–H groups in total. The molecule has 3 fully saturated rings. The second kappa shape index (κ2) is 2.10. The zero-order valence-corrected chi connectivity index (χ0v) is 7.51. The Morgan fingerprint density at radius 3 is 2.45 bits per heavy atom. The van der Waals surface area contributed by atoms with Crippen molar-refractivity contribution in [2.45, 2.75) is 38.8 Å². The lowest BCUT2D eigenvalue weighted by molar-refractivity contribution is 0.190. The van der Waals surface area contributed by atoms with Gasteiger partial charge in [0, 0.05) is 24.0 Å². The van der Waals surface area contributed by atoms with Crippen LogP contribution in [0.15, 0.2) is 12.7 Å². The maximum absolute atomic E-state index is 3.92. The van der Waals surface area contributed by atoms with Gasteiger partial charge in [-0.05, 0) is 26.7 Å². The molecule has 0 aromatic carbocycles. The van der Waals surface area contributed by atoms with Crippen LogP contribution in [0.3, 0.4) is 0 Å². The predicted molar refractivity (Wildman–Crippen MR) is 47.5 cm³/mol. The molecule has 1 saturated carbocycles. The molecule has 0 spiro atoms. The first-order valence-corrected chi connectivity index (χ1v) is 4.56. The van der Waals surface area contributed by atoms with E-state index in [-0.39, 0.29) is 0 Å². The average Bonchev–Trinajstić information content (AvgIpc) is 2.38. The molecule has 1 heteroatoms. The van der Waals surface area contributed by atoms with Gasteiger partial charge in [0.1, 0.15) is 0 Å². The van der Waals surface area contributed by atoms with Gasteiger partial charge in [0.25, 0.3) is 0 Å². The van der Waals surface area contributed by atoms with E-state index in [9.17, 15) is 0 Å². The SMILES string of the molecule is C=CC12CC(C1)N(C(C)C)C2. The molecule has 2 saturated heterocycles. The fourth-order valence-electron chi connectivity index (χ4n) is 2.57. The Labute approximate surface area is 69.1 Å². The molecule has 0 aromatic heterocycles. The first kappa shape index (κ1) is 7.35. The Hall–Kier alpha value is -0.300. The van der Waals surface area contributed by atoms with E-state index in [1.54, 1.807) is 0 Å². The van der Waals surface area contributed by atoms with Crippen LogP contribution in [0.4, 0.5) is 0 Å². The molecule has 1 nitrogen and oxygen atoms in total. The highest BCUT2D eigenvalue weighted by molar-refractivity contribution is 5.15. The van der Waals surface area contributed by atoms with Crippen LogP contribution in [0.25, 0.3) is 0 Å². The summed E-state index contributed by atoms with van der Waals surface area (Å²) in [5, 5.41) is 0. The fourth-order valence-corrected chi connectivity index (χ4v) is 2.57. The van der Waals surface area contributed by atoms with Crippen molar-refractivity contribution in [2.24, 2.45) is 5.41 Å². The quantitative estimate of drug-likeness (QED) is 0.546. The summed E-state index contributed by atoms with van der Waals surface area (Å²) >= 11 is 0. The molecular formula is C10H17N. The monoisotopic (exact) mass is 151 g/mol. The molecule has 0 unspecified atom stereocenters. The molecule has 0 radical (unpaired) electrons. The van der Waals surface area contributed by atoms with Crippen LogP contribution in [0, 0.1) is 5.41 Å². The molecule has 1 aliphatic carbocycles. The molecule has 0 aromatic rings. The van der Waals surface area contributed by atoms with Crippen molar-refractivity contribution in [1.82, 2.24) is 4.90 Å². The van der Waals surface area contributed by atoms with Gasteiger partial charge in [-0.1, -0.05) is 6.08 Å². The first-order valence-electron chi connectivity index (χ1n) is 4.56. The van der Waals surface area contributed by atoms with Crippen molar-refractivity contribution < 1.29 is 0 Å². The van der Waals surface area contributed by atoms with Crippen LogP contribution in [0.5, 0.6) is 0 Å². The Morgan fingerprint density at radius 1 is 1.55 bits per heavy atom. The summed E-state index contributed by atoms with van der Waals surface area (Å²) in [5.41, 5.74) is 0.523. The fraction of sp³-hybridized carbons (Fsp3) is 0.800. The van der Waals surface area contributed by atoms with Crippen molar-refractivity contribution in [3.8, 4) is 0 Å². The Balaban J connectivity index is 2.08. The molecule has 3 aliphatic rings. The van der Waals surface area contributed by atoms with Crippen LogP contribution >= 0.6 is 0 Å². The van der Waals surface area contributed by atoms with E-state index < -0.39 is 0 Å². The molecule has 0 atom stereocenters. The van der Waals surface area contributed by atoms with Crippen LogP contribution in [0.2, 0.25) is 0 Å². The number of hydrogen-bond donors (Lipinski definition) is 0. The lowest BCUT2D eigenvalue weighted by atomic mass is 9.70. The van der Waals surface area contributed by atoms with Gasteiger partial charge >= 0.3 is 0 Å². The summed E-state index contributed by atoms with van der Waals surface area (Å²) in [5.74, 6) is 0. The van der Waals surface area contributed by atoms with E-state index in [1.807, 2.05) is 0 Å². The highest BCUT2D eigenvalue weighted by atomic mass is 15.2. The normalized spacial score (nSPS) is 42.6. The van der Waals surface area contributed by atoms with E-state index in [4.69, 9.17) is 0 Å². The van der Waals surface area contributed by atoms with Crippen LogP contribution in [0.1, 0.15) is 26.7 Å². The molecule has 11 heavy (non-hydrogen) atoms. The maximum atomic E-state index is 3.92. The third-order valence-corrected chi connectivity index (χ3v) is 3.35. The van der Waals surface area contributed by atoms with Gasteiger partial charge in [0.05, 0.1) is 0 Å². The van der Waals surface area contributed by atoms with Gasteiger partial charge in [-0.25, -0.2) is 0 Å². The molecule has 62 valence electrons. The predicted octanol–water partition coefficient (Wildman–Crippen LogP) is 2.05. The summed E-state index contributed by atoms with van der Waals surface area (Å²) in [6, 6.07) is 1.61. The molecule has 0 amide bonds. The number of fused-ring (bicyclic) bond motifs is 1. The second-order valence-corrected chi connectivity index (χ2v) is 4.39. The standard InChI is InChI=1S/C10H17N/c1-4-10-5-9(6-10)11(7-10)8(2)3/h4,8-9H,1,5-7H2,2-3H3. The highest BCUT2D eigenvalue weighted by Crippen LogP contribution is 2.52. The van der Waals surface area contributed by atoms with Crippen molar-refractivity contribution in [2.75, 3.05) is 6.54 Å². The summed E-state index contributed by atoms with van der Waals surface area (Å²) in [6.45, 7) is 9.76. The smallest absolute Gasteiger partial charge is 0.0116 e. The van der Waals surface area contributed by atoms with E-state index in [1.165, 1.54) is 19.4 Å². The largest absolute Gasteiger partial charge is 0.297 e. The van der Waals surface area contributed by atoms with Crippen molar-refractivity contribution in [3.63, 3.8) is 0 Å². The molecule has 2 bridgehead atoms. The lowest BCUT2D eigenvalue weighted by Gasteiger charge is -2.35. The lowest BCUT2D eigenvalue weighted by Crippen LogP contribution is -2.35. The summed E-state index contributed by atoms with van der Waals surface area (Å²) < 4.78 is 0. The second-order valence-electron chi connectivity index (χ2n) is 4.39. The van der Waals surface area contributed by atoms with E-state index in [0.29, 0.717) is 5.41 Å². The third kappa shape index (κ3) is 0.871. The number of rotatable bonds is 2. The van der Waals surface area contributed by atoms with Crippen LogP contribution in [-0.2, 0) is 0 Å². The van der Waals surface area contributed by atoms with Gasteiger partial charge < -0.3 is 0 Å². The Kier molecular flexibility index (Phi) is 1.40. The maximum Gasteiger partial charge on any atom is 0.0116 e. The molecule has 3 rings (SSSR count). The van der Waals surface area contributed by atoms with Crippen molar-refractivity contribution in [3.05, 3.63) is 12.7 Å².